The van der Waals surface area contributed by atoms with Gasteiger partial charge in [-0.1, -0.05) is 303 Å². The van der Waals surface area contributed by atoms with Gasteiger partial charge in [0.1, 0.15) is 30.5 Å². The molecule has 12 nitrogen and oxygen atoms in total. The predicted molar refractivity (Wildman–Crippen MR) is 304 cm³/mol. The summed E-state index contributed by atoms with van der Waals surface area (Å²) in [6, 6.07) is 0. The zero-order chi connectivity index (χ0) is 53.8. The van der Waals surface area contributed by atoms with Crippen molar-refractivity contribution in [1.82, 2.24) is 0 Å². The molecule has 6 unspecified atom stereocenters. The molecule has 74 heavy (non-hydrogen) atoms. The molecule has 0 amide bonds. The van der Waals surface area contributed by atoms with E-state index in [9.17, 15) is 33.1 Å². The Hall–Kier alpha value is -0.900. The Labute approximate surface area is 456 Å². The summed E-state index contributed by atoms with van der Waals surface area (Å²) in [5.41, 5.74) is 0. The number of hydrogen-bond acceptors (Lipinski definition) is 11. The summed E-state index contributed by atoms with van der Waals surface area (Å²) >= 11 is 0. The van der Waals surface area contributed by atoms with Crippen LogP contribution in [0.25, 0.3) is 0 Å². The minimum absolute atomic E-state index is 0.0459. The van der Waals surface area contributed by atoms with Crippen LogP contribution in [-0.2, 0) is 38.3 Å². The van der Waals surface area contributed by atoms with Crippen LogP contribution in [0.4, 0.5) is 0 Å². The second-order valence-corrected chi connectivity index (χ2v) is 23.4. The third-order valence-electron chi connectivity index (χ3n) is 15.2. The first-order valence-corrected chi connectivity index (χ1v) is 33.2. The Morgan fingerprint density at radius 2 is 0.770 bits per heavy atom. The number of rotatable bonds is 58. The Balaban J connectivity index is 2.22. The largest absolute Gasteiger partial charge is 0.457 e. The molecule has 442 valence electrons. The van der Waals surface area contributed by atoms with E-state index in [1.54, 1.807) is 0 Å². The second-order valence-electron chi connectivity index (χ2n) is 22.4. The van der Waals surface area contributed by atoms with Gasteiger partial charge in [0, 0.05) is 13.0 Å². The lowest BCUT2D eigenvalue weighted by Crippen LogP contribution is -2.60. The van der Waals surface area contributed by atoms with Gasteiger partial charge in [-0.25, -0.2) is 4.18 Å². The van der Waals surface area contributed by atoms with E-state index in [1.807, 2.05) is 0 Å². The van der Waals surface area contributed by atoms with Gasteiger partial charge in [0.2, 0.25) is 0 Å². The third-order valence-corrected chi connectivity index (χ3v) is 15.7. The molecule has 0 spiro atoms. The van der Waals surface area contributed by atoms with Crippen molar-refractivity contribution in [2.24, 2.45) is 0 Å². The quantitative estimate of drug-likeness (QED) is 0.0258. The minimum atomic E-state index is -5.06. The van der Waals surface area contributed by atoms with Gasteiger partial charge in [-0.05, 0) is 12.8 Å². The highest BCUT2D eigenvalue weighted by atomic mass is 32.3. The van der Waals surface area contributed by atoms with Crippen molar-refractivity contribution in [2.45, 2.75) is 359 Å². The molecule has 1 fully saturated rings. The maximum absolute atomic E-state index is 13.0. The van der Waals surface area contributed by atoms with Crippen LogP contribution >= 0.6 is 0 Å². The zero-order valence-corrected chi connectivity index (χ0v) is 49.0. The van der Waals surface area contributed by atoms with Gasteiger partial charge in [0.05, 0.1) is 19.8 Å². The highest BCUT2D eigenvalue weighted by Gasteiger charge is 2.48. The van der Waals surface area contributed by atoms with Crippen molar-refractivity contribution in [1.29, 1.82) is 0 Å². The molecular weight excluding hydrogens is 957 g/mol. The van der Waals surface area contributed by atoms with Crippen LogP contribution in [0.15, 0.2) is 0 Å². The SMILES string of the molecule is CCCCCCCCCCCCCCCCCCCCCCCCCCCC(=O)OC(COCCCCCCCCCCCCCCCCCCCCCCCC)COC1OC(CO)C(O)C(OS(=O)(=O)O)C1O. The number of unbranched alkanes of at least 4 members (excludes halogenated alkanes) is 45. The predicted octanol–water partition coefficient (Wildman–Crippen LogP) is 16.3. The number of esters is 1. The third kappa shape index (κ3) is 45.0. The maximum Gasteiger partial charge on any atom is 0.397 e. The van der Waals surface area contributed by atoms with Crippen molar-refractivity contribution in [3.63, 3.8) is 0 Å². The number of aliphatic hydroxyl groups is 3. The summed E-state index contributed by atoms with van der Waals surface area (Å²) in [6.07, 6.45) is 53.0. The topological polar surface area (TPSA) is 178 Å². The molecule has 0 radical (unpaired) electrons. The number of carbonyl (C=O) groups is 1. The van der Waals surface area contributed by atoms with E-state index in [1.165, 1.54) is 257 Å². The molecule has 1 aliphatic heterocycles. The molecule has 1 rings (SSSR count). The van der Waals surface area contributed by atoms with Crippen molar-refractivity contribution in [3.05, 3.63) is 0 Å². The van der Waals surface area contributed by atoms with E-state index in [0.29, 0.717) is 13.0 Å². The fourth-order valence-electron chi connectivity index (χ4n) is 10.4. The first-order valence-electron chi connectivity index (χ1n) is 31.8. The van der Waals surface area contributed by atoms with E-state index in [0.717, 1.165) is 38.5 Å². The van der Waals surface area contributed by atoms with Crippen molar-refractivity contribution < 1.29 is 56.2 Å². The van der Waals surface area contributed by atoms with Gasteiger partial charge in [-0.3, -0.25) is 9.35 Å². The summed E-state index contributed by atoms with van der Waals surface area (Å²) in [5, 5.41) is 30.9. The van der Waals surface area contributed by atoms with Gasteiger partial charge in [0.25, 0.3) is 0 Å². The number of ether oxygens (including phenoxy) is 4. The van der Waals surface area contributed by atoms with E-state index in [-0.39, 0.29) is 25.6 Å². The van der Waals surface area contributed by atoms with E-state index >= 15 is 0 Å². The highest BCUT2D eigenvalue weighted by Crippen LogP contribution is 2.26. The monoisotopic (exact) mass is 1080 g/mol. The lowest BCUT2D eigenvalue weighted by Gasteiger charge is -2.41. The lowest BCUT2D eigenvalue weighted by molar-refractivity contribution is -0.301. The first kappa shape index (κ1) is 71.1. The second kappa shape index (κ2) is 52.8. The van der Waals surface area contributed by atoms with Crippen molar-refractivity contribution in [3.8, 4) is 0 Å². The normalized spacial score (nSPS) is 18.6. The Morgan fingerprint density at radius 1 is 0.459 bits per heavy atom. The highest BCUT2D eigenvalue weighted by molar-refractivity contribution is 7.80. The van der Waals surface area contributed by atoms with Crippen LogP contribution in [0.1, 0.15) is 322 Å². The summed E-state index contributed by atoms with van der Waals surface area (Å²) in [5.74, 6) is -0.387. The standard InChI is InChI=1S/C61H120O12S/c1-3-5-7-9-11-13-15-17-19-21-23-25-27-28-29-30-32-34-36-38-40-42-44-46-48-50-57(63)71-55(54-70-61-59(65)60(73-74(66,67)68)58(64)56(52-62)72-61)53-69-51-49-47-45-43-41-39-37-35-33-31-26-24-22-20-18-16-14-12-10-8-6-4-2/h55-56,58-62,64-65H,3-54H2,1-2H3,(H,66,67,68). The molecule has 4 N–H and O–H groups in total. The smallest absolute Gasteiger partial charge is 0.397 e. The molecule has 0 bridgehead atoms. The summed E-state index contributed by atoms with van der Waals surface area (Å²) in [7, 11) is -5.06. The number of hydrogen-bond donors (Lipinski definition) is 4. The zero-order valence-electron chi connectivity index (χ0n) is 48.2. The molecule has 0 saturated carbocycles. The van der Waals surface area contributed by atoms with Crippen LogP contribution < -0.4 is 0 Å². The average molecular weight is 1080 g/mol. The first-order chi connectivity index (χ1) is 36.1. The molecule has 0 aromatic carbocycles. The van der Waals surface area contributed by atoms with E-state index in [2.05, 4.69) is 18.0 Å². The van der Waals surface area contributed by atoms with Crippen LogP contribution in [-0.4, -0.2) is 97.5 Å². The molecule has 0 aromatic heterocycles. The summed E-state index contributed by atoms with van der Waals surface area (Å²) in [4.78, 5) is 13.0. The fourth-order valence-corrected chi connectivity index (χ4v) is 11.0. The number of aliphatic hydroxyl groups excluding tert-OH is 3. The van der Waals surface area contributed by atoms with Gasteiger partial charge in [-0.15, -0.1) is 0 Å². The molecule has 1 heterocycles. The molecule has 0 aromatic rings. The van der Waals surface area contributed by atoms with Crippen LogP contribution in [0.5, 0.6) is 0 Å². The molecule has 6 atom stereocenters. The molecular formula is C61H120O12S. The molecule has 0 aliphatic carbocycles. The molecule has 13 heteroatoms. The Kier molecular flexibility index (Phi) is 50.7. The van der Waals surface area contributed by atoms with Gasteiger partial charge in [-0.2, -0.15) is 8.42 Å². The van der Waals surface area contributed by atoms with Gasteiger partial charge >= 0.3 is 16.4 Å². The Bertz CT molecular complexity index is 1290. The van der Waals surface area contributed by atoms with Crippen LogP contribution in [0, 0.1) is 0 Å². The maximum atomic E-state index is 13.0. The molecule has 1 saturated heterocycles. The van der Waals surface area contributed by atoms with E-state index < -0.39 is 53.8 Å². The van der Waals surface area contributed by atoms with Crippen molar-refractivity contribution >= 4 is 16.4 Å². The number of carbonyl (C=O) groups excluding carboxylic acids is 1. The van der Waals surface area contributed by atoms with Gasteiger partial charge in [0.15, 0.2) is 6.29 Å². The average Bonchev–Trinajstić information content (AvgIpc) is 3.38. The molecule has 1 aliphatic rings. The summed E-state index contributed by atoms with van der Waals surface area (Å²) in [6.45, 7) is 4.09. The summed E-state index contributed by atoms with van der Waals surface area (Å²) < 4.78 is 59.6. The van der Waals surface area contributed by atoms with Crippen molar-refractivity contribution in [2.75, 3.05) is 26.4 Å². The van der Waals surface area contributed by atoms with E-state index in [4.69, 9.17) is 18.9 Å². The lowest BCUT2D eigenvalue weighted by atomic mass is 9.99. The van der Waals surface area contributed by atoms with Gasteiger partial charge < -0.3 is 34.3 Å². The van der Waals surface area contributed by atoms with Crippen LogP contribution in [0.3, 0.4) is 0 Å². The van der Waals surface area contributed by atoms with Crippen LogP contribution in [0.2, 0.25) is 0 Å². The fraction of sp³-hybridized carbons (Fsp3) is 0.984. The Morgan fingerprint density at radius 3 is 1.08 bits per heavy atom. The minimum Gasteiger partial charge on any atom is -0.457 e.